The fourth-order valence-electron chi connectivity index (χ4n) is 2.79. The summed E-state index contributed by atoms with van der Waals surface area (Å²) in [7, 11) is -3.49. The van der Waals surface area contributed by atoms with E-state index in [0.29, 0.717) is 5.56 Å². The molecule has 1 unspecified atom stereocenters. The van der Waals surface area contributed by atoms with Crippen molar-refractivity contribution in [2.45, 2.75) is 38.6 Å². The second-order valence-electron chi connectivity index (χ2n) is 6.50. The fourth-order valence-corrected chi connectivity index (χ4v) is 3.58. The summed E-state index contributed by atoms with van der Waals surface area (Å²) in [6, 6.07) is 14.3. The lowest BCUT2D eigenvalue weighted by atomic mass is 10.00. The first-order valence-electron chi connectivity index (χ1n) is 8.93. The van der Waals surface area contributed by atoms with Gasteiger partial charge in [0.15, 0.2) is 0 Å². The van der Waals surface area contributed by atoms with Crippen LogP contribution in [0.15, 0.2) is 48.5 Å². The molecule has 7 heteroatoms. The van der Waals surface area contributed by atoms with Gasteiger partial charge in [-0.2, -0.15) is 0 Å². The van der Waals surface area contributed by atoms with Crippen molar-refractivity contribution in [1.82, 2.24) is 5.32 Å². The number of nitrogens with one attached hydrogen (secondary N) is 2. The van der Waals surface area contributed by atoms with Gasteiger partial charge in [-0.05, 0) is 30.2 Å². The van der Waals surface area contributed by atoms with Gasteiger partial charge in [-0.15, -0.1) is 0 Å². The molecule has 0 saturated heterocycles. The summed E-state index contributed by atoms with van der Waals surface area (Å²) in [5.74, 6) is -0.270. The molecule has 0 saturated carbocycles. The van der Waals surface area contributed by atoms with Gasteiger partial charge in [-0.25, -0.2) is 8.42 Å². The van der Waals surface area contributed by atoms with E-state index in [0.717, 1.165) is 37.5 Å². The molecule has 0 aromatic heterocycles. The molecule has 1 atom stereocenters. The maximum absolute atomic E-state index is 12.8. The number of halogens is 1. The highest BCUT2D eigenvalue weighted by Gasteiger charge is 2.17. The second-order valence-corrected chi connectivity index (χ2v) is 8.66. The molecule has 0 bridgehead atoms. The van der Waals surface area contributed by atoms with Crippen LogP contribution in [0.5, 0.6) is 0 Å². The van der Waals surface area contributed by atoms with Crippen molar-refractivity contribution in [1.29, 1.82) is 0 Å². The zero-order valence-electron chi connectivity index (χ0n) is 15.5. The molecule has 0 heterocycles. The minimum absolute atomic E-state index is 0.104. The molecule has 146 valence electrons. The Kier molecular flexibility index (Phi) is 7.68. The maximum Gasteiger partial charge on any atom is 0.251 e. The van der Waals surface area contributed by atoms with Gasteiger partial charge in [0.1, 0.15) is 0 Å². The normalized spacial score (nSPS) is 12.4. The highest BCUT2D eigenvalue weighted by Crippen LogP contribution is 2.25. The van der Waals surface area contributed by atoms with Gasteiger partial charge >= 0.3 is 0 Å². The predicted molar refractivity (Wildman–Crippen MR) is 111 cm³/mol. The third kappa shape index (κ3) is 6.88. The zero-order chi connectivity index (χ0) is 19.9. The first kappa shape index (κ1) is 21.3. The minimum atomic E-state index is -3.49. The van der Waals surface area contributed by atoms with E-state index in [-0.39, 0.29) is 22.7 Å². The maximum atomic E-state index is 12.8. The van der Waals surface area contributed by atoms with E-state index in [1.807, 2.05) is 30.3 Å². The number of anilines is 1. The first-order chi connectivity index (χ1) is 12.8. The average Bonchev–Trinajstić information content (AvgIpc) is 2.62. The number of hydrogen-bond acceptors (Lipinski definition) is 3. The van der Waals surface area contributed by atoms with E-state index in [9.17, 15) is 13.2 Å². The van der Waals surface area contributed by atoms with Crippen LogP contribution in [0.1, 0.15) is 54.6 Å². The average molecular weight is 409 g/mol. The Bertz CT molecular complexity index is 870. The van der Waals surface area contributed by atoms with Crippen LogP contribution in [0.2, 0.25) is 5.02 Å². The number of sulfonamides is 1. The zero-order valence-corrected chi connectivity index (χ0v) is 17.1. The Labute approximate surface area is 166 Å². The Hall–Kier alpha value is -2.05. The topological polar surface area (TPSA) is 75.3 Å². The van der Waals surface area contributed by atoms with Crippen LogP contribution in [0.3, 0.4) is 0 Å². The molecule has 0 radical (unpaired) electrons. The standard InChI is InChI=1S/C20H25ClN2O3S/c1-3-4-6-11-18(15-9-7-5-8-10-15)22-20(24)16-12-13-17(21)19(14-16)23-27(2,25)26/h5,7-10,12-14,18,23H,3-4,6,11H2,1-2H3,(H,22,24). The molecule has 0 aliphatic carbocycles. The quantitative estimate of drug-likeness (QED) is 0.587. The Morgan fingerprint density at radius 2 is 1.81 bits per heavy atom. The molecular weight excluding hydrogens is 384 g/mol. The third-order valence-electron chi connectivity index (χ3n) is 4.13. The number of hydrogen-bond donors (Lipinski definition) is 2. The van der Waals surface area contributed by atoms with Crippen molar-refractivity contribution in [3.8, 4) is 0 Å². The minimum Gasteiger partial charge on any atom is -0.345 e. The van der Waals surface area contributed by atoms with Gasteiger partial charge in [0.25, 0.3) is 5.91 Å². The van der Waals surface area contributed by atoms with Crippen molar-refractivity contribution < 1.29 is 13.2 Å². The molecular formula is C20H25ClN2O3S. The summed E-state index contributed by atoms with van der Waals surface area (Å²) in [5.41, 5.74) is 1.58. The Balaban J connectivity index is 2.20. The van der Waals surface area contributed by atoms with Gasteiger partial charge in [-0.1, -0.05) is 68.1 Å². The van der Waals surface area contributed by atoms with E-state index in [2.05, 4.69) is 17.0 Å². The fraction of sp³-hybridized carbons (Fsp3) is 0.350. The molecule has 2 N–H and O–H groups in total. The summed E-state index contributed by atoms with van der Waals surface area (Å²) in [4.78, 5) is 12.8. The van der Waals surface area contributed by atoms with Crippen LogP contribution in [0.4, 0.5) is 5.69 Å². The summed E-state index contributed by atoms with van der Waals surface area (Å²) in [6.45, 7) is 2.14. The van der Waals surface area contributed by atoms with Crippen molar-refractivity contribution in [3.05, 3.63) is 64.7 Å². The van der Waals surface area contributed by atoms with Gasteiger partial charge in [0, 0.05) is 5.56 Å². The summed E-state index contributed by atoms with van der Waals surface area (Å²) in [5, 5.41) is 3.29. The summed E-state index contributed by atoms with van der Waals surface area (Å²) in [6.07, 6.45) is 5.09. The predicted octanol–water partition coefficient (Wildman–Crippen LogP) is 4.76. The molecule has 0 fully saturated rings. The number of benzene rings is 2. The SMILES string of the molecule is CCCCCC(NC(=O)c1ccc(Cl)c(NS(C)(=O)=O)c1)c1ccccc1. The van der Waals surface area contributed by atoms with Crippen molar-refractivity contribution >= 4 is 33.2 Å². The molecule has 2 rings (SSSR count). The molecule has 2 aromatic rings. The second kappa shape index (κ2) is 9.76. The van der Waals surface area contributed by atoms with Crippen molar-refractivity contribution in [3.63, 3.8) is 0 Å². The number of rotatable bonds is 9. The molecule has 2 aromatic carbocycles. The highest BCUT2D eigenvalue weighted by atomic mass is 35.5. The lowest BCUT2D eigenvalue weighted by molar-refractivity contribution is 0.0934. The van der Waals surface area contributed by atoms with Gasteiger partial charge in [-0.3, -0.25) is 9.52 Å². The number of amides is 1. The molecule has 0 spiro atoms. The van der Waals surface area contributed by atoms with Crippen LogP contribution >= 0.6 is 11.6 Å². The Morgan fingerprint density at radius 1 is 1.11 bits per heavy atom. The van der Waals surface area contributed by atoms with E-state index >= 15 is 0 Å². The van der Waals surface area contributed by atoms with Crippen LogP contribution < -0.4 is 10.0 Å². The monoisotopic (exact) mass is 408 g/mol. The van der Waals surface area contributed by atoms with Crippen molar-refractivity contribution in [2.24, 2.45) is 0 Å². The first-order valence-corrected chi connectivity index (χ1v) is 11.2. The molecule has 5 nitrogen and oxygen atoms in total. The third-order valence-corrected chi connectivity index (χ3v) is 5.05. The van der Waals surface area contributed by atoms with Gasteiger partial charge in [0.05, 0.1) is 23.0 Å². The highest BCUT2D eigenvalue weighted by molar-refractivity contribution is 7.92. The lowest BCUT2D eigenvalue weighted by Crippen LogP contribution is -2.28. The summed E-state index contributed by atoms with van der Waals surface area (Å²) < 4.78 is 25.3. The van der Waals surface area contributed by atoms with Crippen LogP contribution in [0.25, 0.3) is 0 Å². The van der Waals surface area contributed by atoms with Crippen LogP contribution in [0, 0.1) is 0 Å². The summed E-state index contributed by atoms with van der Waals surface area (Å²) >= 11 is 6.03. The number of carbonyl (C=O) groups excluding carboxylic acids is 1. The molecule has 27 heavy (non-hydrogen) atoms. The van der Waals surface area contributed by atoms with Crippen LogP contribution in [-0.2, 0) is 10.0 Å². The van der Waals surface area contributed by atoms with E-state index < -0.39 is 10.0 Å². The lowest BCUT2D eigenvalue weighted by Gasteiger charge is -2.20. The molecule has 0 aliphatic rings. The molecule has 0 aliphatic heterocycles. The van der Waals surface area contributed by atoms with E-state index in [1.165, 1.54) is 12.1 Å². The van der Waals surface area contributed by atoms with Gasteiger partial charge < -0.3 is 5.32 Å². The van der Waals surface area contributed by atoms with E-state index in [4.69, 9.17) is 11.6 Å². The largest absolute Gasteiger partial charge is 0.345 e. The molecule has 1 amide bonds. The van der Waals surface area contributed by atoms with Crippen molar-refractivity contribution in [2.75, 3.05) is 11.0 Å². The van der Waals surface area contributed by atoms with Gasteiger partial charge in [0.2, 0.25) is 10.0 Å². The Morgan fingerprint density at radius 3 is 2.44 bits per heavy atom. The number of carbonyl (C=O) groups is 1. The van der Waals surface area contributed by atoms with E-state index in [1.54, 1.807) is 6.07 Å². The number of unbranched alkanes of at least 4 members (excludes halogenated alkanes) is 2. The smallest absolute Gasteiger partial charge is 0.251 e. The van der Waals surface area contributed by atoms with Crippen LogP contribution in [-0.4, -0.2) is 20.6 Å².